The van der Waals surface area contributed by atoms with Crippen molar-refractivity contribution in [2.45, 2.75) is 44.7 Å². The van der Waals surface area contributed by atoms with Crippen molar-refractivity contribution in [3.05, 3.63) is 0 Å². The van der Waals surface area contributed by atoms with Crippen molar-refractivity contribution in [2.24, 2.45) is 0 Å². The first-order chi connectivity index (χ1) is 7.12. The Bertz CT molecular complexity index is 205. The van der Waals surface area contributed by atoms with E-state index in [4.69, 9.17) is 18.9 Å². The Labute approximate surface area is 90.8 Å². The molecule has 88 valence electrons. The lowest BCUT2D eigenvalue weighted by molar-refractivity contribution is -0.269. The topological polar surface area (TPSA) is 36.9 Å². The van der Waals surface area contributed by atoms with Gasteiger partial charge in [0.2, 0.25) is 0 Å². The Balaban J connectivity index is 1.80. The molecular weight excluding hydrogens is 196 g/mol. The van der Waals surface area contributed by atoms with Crippen LogP contribution >= 0.6 is 0 Å². The zero-order valence-corrected chi connectivity index (χ0v) is 9.58. The minimum atomic E-state index is -0.448. The first-order valence-corrected chi connectivity index (χ1v) is 5.68. The van der Waals surface area contributed by atoms with Crippen molar-refractivity contribution in [3.63, 3.8) is 0 Å². The zero-order valence-electron chi connectivity index (χ0n) is 9.58. The molecule has 0 amide bonds. The van der Waals surface area contributed by atoms with E-state index >= 15 is 0 Å². The van der Waals surface area contributed by atoms with Gasteiger partial charge in [0, 0.05) is 12.8 Å². The van der Waals surface area contributed by atoms with Crippen LogP contribution in [0, 0.1) is 0 Å². The standard InChI is InChI=1S/C11H20O4/c1-10(12-6-3-7-13-10)4-5-11(2)14-8-9-15-11/h3-9H2,1-2H3. The Kier molecular flexibility index (Phi) is 3.30. The second kappa shape index (κ2) is 4.37. The Morgan fingerprint density at radius 3 is 1.60 bits per heavy atom. The summed E-state index contributed by atoms with van der Waals surface area (Å²) in [6, 6.07) is 0. The van der Waals surface area contributed by atoms with Gasteiger partial charge in [-0.25, -0.2) is 0 Å². The van der Waals surface area contributed by atoms with Gasteiger partial charge < -0.3 is 18.9 Å². The molecule has 0 aromatic carbocycles. The van der Waals surface area contributed by atoms with Crippen LogP contribution in [0.15, 0.2) is 0 Å². The van der Waals surface area contributed by atoms with Gasteiger partial charge in [0.05, 0.1) is 26.4 Å². The number of hydrogen-bond donors (Lipinski definition) is 0. The maximum atomic E-state index is 5.64. The van der Waals surface area contributed by atoms with E-state index in [0.29, 0.717) is 13.2 Å². The first kappa shape index (κ1) is 11.3. The highest BCUT2D eigenvalue weighted by Crippen LogP contribution is 2.31. The molecule has 2 saturated heterocycles. The SMILES string of the molecule is CC1(CCC2(C)OCCO2)OCCCO1. The summed E-state index contributed by atoms with van der Waals surface area (Å²) in [6.07, 6.45) is 2.60. The van der Waals surface area contributed by atoms with Crippen LogP contribution in [0.4, 0.5) is 0 Å². The fourth-order valence-electron chi connectivity index (χ4n) is 1.98. The second-order valence-corrected chi connectivity index (χ2v) is 4.52. The van der Waals surface area contributed by atoms with Crippen molar-refractivity contribution < 1.29 is 18.9 Å². The van der Waals surface area contributed by atoms with Crippen LogP contribution in [0.3, 0.4) is 0 Å². The van der Waals surface area contributed by atoms with E-state index in [1.165, 1.54) is 0 Å². The normalized spacial score (nSPS) is 29.2. The molecule has 0 N–H and O–H groups in total. The lowest BCUT2D eigenvalue weighted by Gasteiger charge is -2.36. The van der Waals surface area contributed by atoms with Crippen LogP contribution in [0.25, 0.3) is 0 Å². The van der Waals surface area contributed by atoms with Crippen LogP contribution in [0.1, 0.15) is 33.1 Å². The van der Waals surface area contributed by atoms with E-state index < -0.39 is 11.6 Å². The predicted molar refractivity (Wildman–Crippen MR) is 54.5 cm³/mol. The van der Waals surface area contributed by atoms with Gasteiger partial charge in [-0.2, -0.15) is 0 Å². The second-order valence-electron chi connectivity index (χ2n) is 4.52. The third-order valence-corrected chi connectivity index (χ3v) is 3.03. The van der Waals surface area contributed by atoms with E-state index in [1.807, 2.05) is 13.8 Å². The van der Waals surface area contributed by atoms with Crippen molar-refractivity contribution in [3.8, 4) is 0 Å². The number of rotatable bonds is 3. The maximum Gasteiger partial charge on any atom is 0.165 e. The molecule has 0 spiro atoms. The minimum Gasteiger partial charge on any atom is -0.350 e. The van der Waals surface area contributed by atoms with Gasteiger partial charge in [-0.15, -0.1) is 0 Å². The molecule has 2 heterocycles. The van der Waals surface area contributed by atoms with Crippen LogP contribution < -0.4 is 0 Å². The molecule has 0 aromatic heterocycles. The summed E-state index contributed by atoms with van der Waals surface area (Å²) in [6.45, 7) is 6.92. The molecule has 0 atom stereocenters. The van der Waals surface area contributed by atoms with E-state index in [2.05, 4.69) is 0 Å². The lowest BCUT2D eigenvalue weighted by Crippen LogP contribution is -2.40. The number of ether oxygens (including phenoxy) is 4. The molecule has 0 aliphatic carbocycles. The van der Waals surface area contributed by atoms with Crippen molar-refractivity contribution >= 4 is 0 Å². The van der Waals surface area contributed by atoms with Gasteiger partial charge in [0.15, 0.2) is 11.6 Å². The van der Waals surface area contributed by atoms with Crippen molar-refractivity contribution in [1.82, 2.24) is 0 Å². The molecule has 4 heteroatoms. The van der Waals surface area contributed by atoms with E-state index in [0.717, 1.165) is 32.5 Å². The van der Waals surface area contributed by atoms with Gasteiger partial charge >= 0.3 is 0 Å². The highest BCUT2D eigenvalue weighted by Gasteiger charge is 2.36. The van der Waals surface area contributed by atoms with Crippen LogP contribution in [-0.4, -0.2) is 38.0 Å². The predicted octanol–water partition coefficient (Wildman–Crippen LogP) is 1.68. The average molecular weight is 216 g/mol. The molecule has 2 aliphatic rings. The molecule has 0 radical (unpaired) electrons. The molecule has 0 saturated carbocycles. The summed E-state index contributed by atoms with van der Waals surface area (Å²) >= 11 is 0. The van der Waals surface area contributed by atoms with Gasteiger partial charge in [0.1, 0.15) is 0 Å². The van der Waals surface area contributed by atoms with E-state index in [1.54, 1.807) is 0 Å². The molecule has 2 fully saturated rings. The van der Waals surface area contributed by atoms with E-state index in [9.17, 15) is 0 Å². The summed E-state index contributed by atoms with van der Waals surface area (Å²) in [5.41, 5.74) is 0. The molecule has 4 nitrogen and oxygen atoms in total. The van der Waals surface area contributed by atoms with Crippen molar-refractivity contribution in [2.75, 3.05) is 26.4 Å². The van der Waals surface area contributed by atoms with Crippen molar-refractivity contribution in [1.29, 1.82) is 0 Å². The molecule has 2 aliphatic heterocycles. The quantitative estimate of drug-likeness (QED) is 0.719. The van der Waals surface area contributed by atoms with Gasteiger partial charge in [-0.05, 0) is 20.3 Å². The van der Waals surface area contributed by atoms with Crippen LogP contribution in [0.2, 0.25) is 0 Å². The summed E-state index contributed by atoms with van der Waals surface area (Å²) in [5.74, 6) is -0.885. The summed E-state index contributed by atoms with van der Waals surface area (Å²) in [5, 5.41) is 0. The Morgan fingerprint density at radius 2 is 1.13 bits per heavy atom. The summed E-state index contributed by atoms with van der Waals surface area (Å²) in [7, 11) is 0. The summed E-state index contributed by atoms with van der Waals surface area (Å²) < 4.78 is 22.4. The van der Waals surface area contributed by atoms with Gasteiger partial charge in [-0.3, -0.25) is 0 Å². The molecule has 15 heavy (non-hydrogen) atoms. The van der Waals surface area contributed by atoms with Gasteiger partial charge in [0.25, 0.3) is 0 Å². The summed E-state index contributed by atoms with van der Waals surface area (Å²) in [4.78, 5) is 0. The van der Waals surface area contributed by atoms with Crippen LogP contribution in [-0.2, 0) is 18.9 Å². The Morgan fingerprint density at radius 1 is 0.733 bits per heavy atom. The molecule has 0 unspecified atom stereocenters. The third kappa shape index (κ3) is 2.91. The van der Waals surface area contributed by atoms with Gasteiger partial charge in [-0.1, -0.05) is 0 Å². The van der Waals surface area contributed by atoms with E-state index in [-0.39, 0.29) is 0 Å². The fourth-order valence-corrected chi connectivity index (χ4v) is 1.98. The minimum absolute atomic E-state index is 0.437. The largest absolute Gasteiger partial charge is 0.350 e. The monoisotopic (exact) mass is 216 g/mol. The first-order valence-electron chi connectivity index (χ1n) is 5.68. The zero-order chi connectivity index (χ0) is 10.8. The number of hydrogen-bond acceptors (Lipinski definition) is 4. The molecule has 0 bridgehead atoms. The molecular formula is C11H20O4. The smallest absolute Gasteiger partial charge is 0.165 e. The lowest BCUT2D eigenvalue weighted by atomic mass is 10.1. The maximum absolute atomic E-state index is 5.64. The average Bonchev–Trinajstić information content (AvgIpc) is 2.65. The van der Waals surface area contributed by atoms with Crippen LogP contribution in [0.5, 0.6) is 0 Å². The third-order valence-electron chi connectivity index (χ3n) is 3.03. The Hall–Kier alpha value is -0.160. The molecule has 2 rings (SSSR count). The highest BCUT2D eigenvalue weighted by atomic mass is 16.7. The highest BCUT2D eigenvalue weighted by molar-refractivity contribution is 4.75. The fraction of sp³-hybridized carbons (Fsp3) is 1.00. The molecule has 0 aromatic rings.